The number of hydrogen-bond donors (Lipinski definition) is 0. The van der Waals surface area contributed by atoms with E-state index in [0.717, 1.165) is 12.1 Å². The fourth-order valence-electron chi connectivity index (χ4n) is 1.08. The monoisotopic (exact) mass is 240 g/mol. The van der Waals surface area contributed by atoms with Crippen LogP contribution < -0.4 is 0 Å². The Bertz CT molecular complexity index is 478. The van der Waals surface area contributed by atoms with Gasteiger partial charge in [0.05, 0.1) is 4.92 Å². The zero-order valence-electron chi connectivity index (χ0n) is 9.81. The van der Waals surface area contributed by atoms with Crippen molar-refractivity contribution in [2.24, 2.45) is 0 Å². The van der Waals surface area contributed by atoms with Crippen molar-refractivity contribution in [2.75, 3.05) is 0 Å². The standard InChI is InChI=1S/C11H13FN2O3/c1-11(2,3)13(15)7-8-4-5-10(14(16)17)9(12)6-8/h4-7H,1-3H3/b13-7-. The molecule has 92 valence electrons. The van der Waals surface area contributed by atoms with Crippen molar-refractivity contribution in [3.05, 3.63) is 44.9 Å². The maximum absolute atomic E-state index is 13.3. The van der Waals surface area contributed by atoms with Gasteiger partial charge in [0.25, 0.3) is 0 Å². The lowest BCUT2D eigenvalue weighted by Crippen LogP contribution is -2.29. The third-order valence-electron chi connectivity index (χ3n) is 2.10. The lowest BCUT2D eigenvalue weighted by molar-refractivity contribution is -0.530. The molecule has 0 aliphatic rings. The van der Waals surface area contributed by atoms with Gasteiger partial charge in [0, 0.05) is 32.4 Å². The number of hydroxylamine groups is 1. The number of benzene rings is 1. The van der Waals surface area contributed by atoms with Gasteiger partial charge in [0.15, 0.2) is 11.8 Å². The number of nitro benzene ring substituents is 1. The van der Waals surface area contributed by atoms with Gasteiger partial charge in [-0.05, 0) is 12.1 Å². The highest BCUT2D eigenvalue weighted by atomic mass is 19.1. The number of nitrogens with zero attached hydrogens (tertiary/aromatic N) is 2. The Morgan fingerprint density at radius 3 is 2.29 bits per heavy atom. The average Bonchev–Trinajstić information content (AvgIpc) is 2.15. The van der Waals surface area contributed by atoms with E-state index < -0.39 is 22.0 Å². The molecule has 0 amide bonds. The molecular formula is C11H13FN2O3. The van der Waals surface area contributed by atoms with E-state index in [1.165, 1.54) is 12.3 Å². The predicted molar refractivity (Wildman–Crippen MR) is 61.6 cm³/mol. The second-order valence-electron chi connectivity index (χ2n) is 4.59. The molecular weight excluding hydrogens is 227 g/mol. The maximum atomic E-state index is 13.3. The first-order chi connectivity index (χ1) is 7.71. The summed E-state index contributed by atoms with van der Waals surface area (Å²) in [6.45, 7) is 5.12. The molecule has 1 aromatic carbocycles. The lowest BCUT2D eigenvalue weighted by atomic mass is 10.1. The van der Waals surface area contributed by atoms with Crippen molar-refractivity contribution >= 4 is 11.9 Å². The first kappa shape index (κ1) is 13.1. The highest BCUT2D eigenvalue weighted by Gasteiger charge is 2.19. The van der Waals surface area contributed by atoms with Crippen molar-refractivity contribution in [3.8, 4) is 0 Å². The molecule has 0 aliphatic heterocycles. The molecule has 6 heteroatoms. The van der Waals surface area contributed by atoms with Gasteiger partial charge in [-0.15, -0.1) is 0 Å². The second kappa shape index (κ2) is 4.48. The summed E-state index contributed by atoms with van der Waals surface area (Å²) in [5, 5.41) is 22.0. The molecule has 0 spiro atoms. The van der Waals surface area contributed by atoms with Gasteiger partial charge in [-0.25, -0.2) is 4.74 Å². The first-order valence-corrected chi connectivity index (χ1v) is 4.97. The van der Waals surface area contributed by atoms with Crippen LogP contribution in [0.1, 0.15) is 26.3 Å². The van der Waals surface area contributed by atoms with Gasteiger partial charge in [-0.1, -0.05) is 0 Å². The van der Waals surface area contributed by atoms with Crippen LogP contribution in [0.4, 0.5) is 10.1 Å². The second-order valence-corrected chi connectivity index (χ2v) is 4.59. The van der Waals surface area contributed by atoms with E-state index in [0.29, 0.717) is 4.74 Å². The van der Waals surface area contributed by atoms with Crippen LogP contribution in [-0.4, -0.2) is 21.4 Å². The van der Waals surface area contributed by atoms with Gasteiger partial charge >= 0.3 is 5.69 Å². The van der Waals surface area contributed by atoms with Gasteiger partial charge in [-0.2, -0.15) is 4.39 Å². The molecule has 0 atom stereocenters. The summed E-state index contributed by atoms with van der Waals surface area (Å²) < 4.78 is 13.9. The van der Waals surface area contributed by atoms with Crippen LogP contribution in [-0.2, 0) is 0 Å². The number of halogens is 1. The summed E-state index contributed by atoms with van der Waals surface area (Å²) in [4.78, 5) is 9.59. The molecule has 0 heterocycles. The topological polar surface area (TPSA) is 69.2 Å². The van der Waals surface area contributed by atoms with E-state index in [-0.39, 0.29) is 5.56 Å². The Balaban J connectivity index is 3.12. The SMILES string of the molecule is CC(C)(C)/[N+]([O-])=C/c1ccc([N+](=O)[O-])c(F)c1. The van der Waals surface area contributed by atoms with Crippen molar-refractivity contribution in [1.29, 1.82) is 0 Å². The zero-order chi connectivity index (χ0) is 13.2. The van der Waals surface area contributed by atoms with E-state index >= 15 is 0 Å². The average molecular weight is 240 g/mol. The molecule has 0 bridgehead atoms. The molecule has 0 aliphatic carbocycles. The summed E-state index contributed by atoms with van der Waals surface area (Å²) in [5.74, 6) is -0.953. The molecule has 0 fully saturated rings. The van der Waals surface area contributed by atoms with Crippen LogP contribution in [0.2, 0.25) is 0 Å². The number of nitro groups is 1. The summed E-state index contributed by atoms with van der Waals surface area (Å²) in [6.07, 6.45) is 1.20. The Hall–Kier alpha value is -1.98. The smallest absolute Gasteiger partial charge is 0.304 e. The summed E-state index contributed by atoms with van der Waals surface area (Å²) >= 11 is 0. The minimum Gasteiger partial charge on any atom is -0.623 e. The van der Waals surface area contributed by atoms with E-state index in [2.05, 4.69) is 0 Å². The third-order valence-corrected chi connectivity index (χ3v) is 2.10. The van der Waals surface area contributed by atoms with E-state index in [1.807, 2.05) is 0 Å². The van der Waals surface area contributed by atoms with Gasteiger partial charge in [0.1, 0.15) is 0 Å². The van der Waals surface area contributed by atoms with Gasteiger partial charge < -0.3 is 5.21 Å². The van der Waals surface area contributed by atoms with Crippen molar-refractivity contribution in [1.82, 2.24) is 0 Å². The fraction of sp³-hybridized carbons (Fsp3) is 0.364. The summed E-state index contributed by atoms with van der Waals surface area (Å²) in [7, 11) is 0. The van der Waals surface area contributed by atoms with Crippen LogP contribution >= 0.6 is 0 Å². The molecule has 0 saturated heterocycles. The highest BCUT2D eigenvalue weighted by molar-refractivity contribution is 5.76. The lowest BCUT2D eigenvalue weighted by Gasteiger charge is -2.18. The van der Waals surface area contributed by atoms with Gasteiger partial charge in [0.2, 0.25) is 5.82 Å². The Kier molecular flexibility index (Phi) is 3.45. The minimum absolute atomic E-state index is 0.290. The quantitative estimate of drug-likeness (QED) is 0.262. The van der Waals surface area contributed by atoms with Crippen molar-refractivity contribution in [2.45, 2.75) is 26.3 Å². The Labute approximate surface area is 97.9 Å². The number of hydrogen-bond acceptors (Lipinski definition) is 3. The van der Waals surface area contributed by atoms with Crippen LogP contribution in [0.15, 0.2) is 18.2 Å². The molecule has 0 N–H and O–H groups in total. The Morgan fingerprint density at radius 1 is 1.29 bits per heavy atom. The van der Waals surface area contributed by atoms with E-state index in [9.17, 15) is 19.7 Å². The predicted octanol–water partition coefficient (Wildman–Crippen LogP) is 2.46. The summed E-state index contributed by atoms with van der Waals surface area (Å²) in [6, 6.07) is 3.34. The highest BCUT2D eigenvalue weighted by Crippen LogP contribution is 2.17. The third kappa shape index (κ3) is 3.24. The van der Waals surface area contributed by atoms with Crippen LogP contribution in [0, 0.1) is 21.1 Å². The molecule has 17 heavy (non-hydrogen) atoms. The molecule has 0 unspecified atom stereocenters. The van der Waals surface area contributed by atoms with Crippen molar-refractivity contribution in [3.63, 3.8) is 0 Å². The molecule has 5 nitrogen and oxygen atoms in total. The van der Waals surface area contributed by atoms with E-state index in [4.69, 9.17) is 0 Å². The minimum atomic E-state index is -0.953. The normalized spacial score (nSPS) is 12.6. The molecule has 0 aromatic heterocycles. The fourth-order valence-corrected chi connectivity index (χ4v) is 1.08. The zero-order valence-corrected chi connectivity index (χ0v) is 9.81. The van der Waals surface area contributed by atoms with Gasteiger partial charge in [-0.3, -0.25) is 10.1 Å². The largest absolute Gasteiger partial charge is 0.623 e. The molecule has 1 rings (SSSR count). The van der Waals surface area contributed by atoms with E-state index in [1.54, 1.807) is 20.8 Å². The molecule has 0 saturated carbocycles. The van der Waals surface area contributed by atoms with Crippen LogP contribution in [0.3, 0.4) is 0 Å². The first-order valence-electron chi connectivity index (χ1n) is 4.97. The molecule has 0 radical (unpaired) electrons. The maximum Gasteiger partial charge on any atom is 0.304 e. The number of rotatable bonds is 2. The summed E-state index contributed by atoms with van der Waals surface area (Å²) in [5.41, 5.74) is -0.952. The van der Waals surface area contributed by atoms with Crippen LogP contribution in [0.25, 0.3) is 0 Å². The Morgan fingerprint density at radius 2 is 1.88 bits per heavy atom. The van der Waals surface area contributed by atoms with Crippen LogP contribution in [0.5, 0.6) is 0 Å². The molecule has 1 aromatic rings. The van der Waals surface area contributed by atoms with Crippen molar-refractivity contribution < 1.29 is 14.1 Å².